The maximum absolute atomic E-state index is 5.85. The van der Waals surface area contributed by atoms with Crippen LogP contribution in [-0.2, 0) is 4.74 Å². The van der Waals surface area contributed by atoms with Gasteiger partial charge in [-0.15, -0.1) is 0 Å². The summed E-state index contributed by atoms with van der Waals surface area (Å²) < 4.78 is 5.85. The second-order valence-corrected chi connectivity index (χ2v) is 5.05. The molecule has 2 aromatic heterocycles. The Morgan fingerprint density at radius 2 is 2.05 bits per heavy atom. The molecule has 0 saturated carbocycles. The van der Waals surface area contributed by atoms with Crippen molar-refractivity contribution in [1.29, 1.82) is 0 Å². The average Bonchev–Trinajstić information content (AvgIpc) is 2.56. The number of morpholine rings is 1. The van der Waals surface area contributed by atoms with Gasteiger partial charge in [0.25, 0.3) is 0 Å². The summed E-state index contributed by atoms with van der Waals surface area (Å²) in [4.78, 5) is 19.1. The largest absolute Gasteiger partial charge is 0.369 e. The number of rotatable bonds is 3. The number of nitrogens with one attached hydrogen (secondary N) is 1. The van der Waals surface area contributed by atoms with Crippen molar-refractivity contribution in [3.63, 3.8) is 0 Å². The molecule has 0 amide bonds. The van der Waals surface area contributed by atoms with E-state index in [1.807, 2.05) is 25.2 Å². The first-order chi connectivity index (χ1) is 10.3. The Labute approximate surface area is 123 Å². The minimum Gasteiger partial charge on any atom is -0.369 e. The minimum atomic E-state index is -0.0874. The van der Waals surface area contributed by atoms with E-state index in [0.29, 0.717) is 12.6 Å². The molecule has 1 aliphatic heterocycles. The molecule has 3 heterocycles. The smallest absolute Gasteiger partial charge is 0.225 e. The Kier molecular flexibility index (Phi) is 4.03. The van der Waals surface area contributed by atoms with Gasteiger partial charge in [-0.3, -0.25) is 0 Å². The lowest BCUT2D eigenvalue weighted by molar-refractivity contribution is 0.0254. The summed E-state index contributed by atoms with van der Waals surface area (Å²) in [7, 11) is 3.84. The fraction of sp³-hybridized carbons (Fsp3) is 0.429. The second kappa shape index (κ2) is 6.11. The zero-order chi connectivity index (χ0) is 14.7. The lowest BCUT2D eigenvalue weighted by Crippen LogP contribution is -2.34. The number of aromatic nitrogens is 4. The summed E-state index contributed by atoms with van der Waals surface area (Å²) in [6, 6.07) is 0. The van der Waals surface area contributed by atoms with Crippen LogP contribution in [0.15, 0.2) is 24.9 Å². The Bertz CT molecular complexity index is 598. The molecule has 1 fully saturated rings. The SMILES string of the molecule is CN(C)c1ncc(-c2cncnc2)c([C@H]2CNCCO2)n1. The third-order valence-electron chi connectivity index (χ3n) is 3.31. The normalized spacial score (nSPS) is 18.5. The Balaban J connectivity index is 2.05. The lowest BCUT2D eigenvalue weighted by Gasteiger charge is -2.25. The van der Waals surface area contributed by atoms with Gasteiger partial charge in [-0.05, 0) is 0 Å². The van der Waals surface area contributed by atoms with Crippen LogP contribution in [0.3, 0.4) is 0 Å². The maximum Gasteiger partial charge on any atom is 0.225 e. The number of hydrogen-bond donors (Lipinski definition) is 1. The van der Waals surface area contributed by atoms with E-state index in [-0.39, 0.29) is 6.10 Å². The van der Waals surface area contributed by atoms with Crippen LogP contribution >= 0.6 is 0 Å². The molecule has 7 heteroatoms. The highest BCUT2D eigenvalue weighted by Crippen LogP contribution is 2.29. The van der Waals surface area contributed by atoms with Crippen molar-refractivity contribution in [2.45, 2.75) is 6.10 Å². The third kappa shape index (κ3) is 2.98. The van der Waals surface area contributed by atoms with Gasteiger partial charge >= 0.3 is 0 Å². The van der Waals surface area contributed by atoms with Crippen LogP contribution in [-0.4, -0.2) is 53.7 Å². The van der Waals surface area contributed by atoms with Gasteiger partial charge in [0.15, 0.2) is 0 Å². The number of nitrogens with zero attached hydrogens (tertiary/aromatic N) is 5. The molecule has 0 radical (unpaired) electrons. The van der Waals surface area contributed by atoms with Crippen LogP contribution < -0.4 is 10.2 Å². The molecule has 7 nitrogen and oxygen atoms in total. The number of hydrogen-bond acceptors (Lipinski definition) is 7. The molecule has 1 atom stereocenters. The first-order valence-corrected chi connectivity index (χ1v) is 6.87. The molecule has 1 aliphatic rings. The molecule has 0 aromatic carbocycles. The predicted octanol–water partition coefficient (Wildman–Crippen LogP) is 0.660. The van der Waals surface area contributed by atoms with Crippen molar-refractivity contribution in [2.75, 3.05) is 38.7 Å². The average molecular weight is 286 g/mol. The minimum absolute atomic E-state index is 0.0874. The first kappa shape index (κ1) is 13.8. The van der Waals surface area contributed by atoms with Crippen molar-refractivity contribution < 1.29 is 4.74 Å². The summed E-state index contributed by atoms with van der Waals surface area (Å²) in [6.07, 6.45) is 6.77. The van der Waals surface area contributed by atoms with E-state index in [1.54, 1.807) is 12.4 Å². The molecule has 0 spiro atoms. The quantitative estimate of drug-likeness (QED) is 0.888. The van der Waals surface area contributed by atoms with Crippen LogP contribution in [0.1, 0.15) is 11.8 Å². The van der Waals surface area contributed by atoms with Gasteiger partial charge in [0.05, 0.1) is 12.3 Å². The van der Waals surface area contributed by atoms with Gasteiger partial charge in [-0.2, -0.15) is 0 Å². The van der Waals surface area contributed by atoms with Gasteiger partial charge in [-0.1, -0.05) is 0 Å². The Morgan fingerprint density at radius 3 is 2.71 bits per heavy atom. The summed E-state index contributed by atoms with van der Waals surface area (Å²) >= 11 is 0. The molecule has 1 N–H and O–H groups in total. The Hall–Kier alpha value is -2.12. The first-order valence-electron chi connectivity index (χ1n) is 6.87. The maximum atomic E-state index is 5.85. The van der Waals surface area contributed by atoms with Crippen molar-refractivity contribution >= 4 is 5.95 Å². The summed E-state index contributed by atoms with van der Waals surface area (Å²) in [5.41, 5.74) is 2.68. The molecule has 1 saturated heterocycles. The van der Waals surface area contributed by atoms with Crippen molar-refractivity contribution in [3.05, 3.63) is 30.6 Å². The highest BCUT2D eigenvalue weighted by molar-refractivity contribution is 5.64. The van der Waals surface area contributed by atoms with E-state index in [0.717, 1.165) is 29.9 Å². The van der Waals surface area contributed by atoms with Crippen LogP contribution in [0.2, 0.25) is 0 Å². The van der Waals surface area contributed by atoms with Crippen LogP contribution in [0.4, 0.5) is 5.95 Å². The van der Waals surface area contributed by atoms with E-state index in [9.17, 15) is 0 Å². The summed E-state index contributed by atoms with van der Waals surface area (Å²) in [5, 5.41) is 3.33. The fourth-order valence-corrected chi connectivity index (χ4v) is 2.25. The topological polar surface area (TPSA) is 76.1 Å². The molecule has 21 heavy (non-hydrogen) atoms. The van der Waals surface area contributed by atoms with Gasteiger partial charge < -0.3 is 15.0 Å². The zero-order valence-electron chi connectivity index (χ0n) is 12.2. The van der Waals surface area contributed by atoms with Crippen molar-refractivity contribution in [3.8, 4) is 11.1 Å². The van der Waals surface area contributed by atoms with E-state index in [4.69, 9.17) is 4.74 Å². The molecule has 0 aliphatic carbocycles. The van der Waals surface area contributed by atoms with E-state index < -0.39 is 0 Å². The fourth-order valence-electron chi connectivity index (χ4n) is 2.25. The molecular formula is C14H18N6O. The van der Waals surface area contributed by atoms with Gasteiger partial charge in [0.1, 0.15) is 12.4 Å². The lowest BCUT2D eigenvalue weighted by atomic mass is 10.0. The molecule has 110 valence electrons. The number of anilines is 1. The standard InChI is InChI=1S/C14H18N6O/c1-20(2)14-18-7-11(10-5-16-9-17-6-10)13(19-14)12-8-15-3-4-21-12/h5-7,9,12,15H,3-4,8H2,1-2H3/t12-/m1/s1. The predicted molar refractivity (Wildman–Crippen MR) is 78.9 cm³/mol. The highest BCUT2D eigenvalue weighted by Gasteiger charge is 2.22. The second-order valence-electron chi connectivity index (χ2n) is 5.05. The van der Waals surface area contributed by atoms with Crippen LogP contribution in [0, 0.1) is 0 Å². The molecule has 0 unspecified atom stereocenters. The molecular weight excluding hydrogens is 268 g/mol. The van der Waals surface area contributed by atoms with Crippen LogP contribution in [0.25, 0.3) is 11.1 Å². The molecule has 3 rings (SSSR count). The van der Waals surface area contributed by atoms with Gasteiger partial charge in [0, 0.05) is 56.9 Å². The zero-order valence-corrected chi connectivity index (χ0v) is 12.2. The van der Waals surface area contributed by atoms with E-state index in [2.05, 4.69) is 25.3 Å². The number of ether oxygens (including phenoxy) is 1. The molecule has 2 aromatic rings. The Morgan fingerprint density at radius 1 is 1.24 bits per heavy atom. The van der Waals surface area contributed by atoms with Crippen molar-refractivity contribution in [1.82, 2.24) is 25.3 Å². The van der Waals surface area contributed by atoms with Crippen molar-refractivity contribution in [2.24, 2.45) is 0 Å². The highest BCUT2D eigenvalue weighted by atomic mass is 16.5. The monoisotopic (exact) mass is 286 g/mol. The molecule has 0 bridgehead atoms. The van der Waals surface area contributed by atoms with Crippen LogP contribution in [0.5, 0.6) is 0 Å². The van der Waals surface area contributed by atoms with E-state index in [1.165, 1.54) is 6.33 Å². The summed E-state index contributed by atoms with van der Waals surface area (Å²) in [6.45, 7) is 2.28. The van der Waals surface area contributed by atoms with E-state index >= 15 is 0 Å². The van der Waals surface area contributed by atoms with Gasteiger partial charge in [-0.25, -0.2) is 19.9 Å². The third-order valence-corrected chi connectivity index (χ3v) is 3.31. The summed E-state index contributed by atoms with van der Waals surface area (Å²) in [5.74, 6) is 0.666. The van der Waals surface area contributed by atoms with Gasteiger partial charge in [0.2, 0.25) is 5.95 Å².